The van der Waals surface area contributed by atoms with Crippen molar-refractivity contribution in [1.29, 1.82) is 0 Å². The molecule has 0 atom stereocenters. The summed E-state index contributed by atoms with van der Waals surface area (Å²) in [4.78, 5) is 4.45. The van der Waals surface area contributed by atoms with Crippen LogP contribution in [0.1, 0.15) is 0 Å². The molecular formula is C8H15N3O. The van der Waals surface area contributed by atoms with Crippen LogP contribution in [0.3, 0.4) is 0 Å². The predicted molar refractivity (Wildman–Crippen MR) is 46.2 cm³/mol. The second-order valence-corrected chi connectivity index (χ2v) is 3.27. The molecule has 0 aromatic carbocycles. The maximum Gasteiger partial charge on any atom is 0.228 e. The van der Waals surface area contributed by atoms with Crippen molar-refractivity contribution in [2.24, 2.45) is 0 Å². The van der Waals surface area contributed by atoms with Crippen LogP contribution in [-0.2, 0) is 4.74 Å². The van der Waals surface area contributed by atoms with E-state index >= 15 is 0 Å². The second kappa shape index (κ2) is 2.77. The first-order valence-electron chi connectivity index (χ1n) is 4.32. The van der Waals surface area contributed by atoms with E-state index in [9.17, 15) is 0 Å². The summed E-state index contributed by atoms with van der Waals surface area (Å²) in [5, 5.41) is 3.26. The fraction of sp³-hybridized carbons (Fsp3) is 0.750. The van der Waals surface area contributed by atoms with E-state index in [0.717, 1.165) is 32.1 Å². The summed E-state index contributed by atoms with van der Waals surface area (Å²) in [5.74, 6) is 2.13. The van der Waals surface area contributed by atoms with E-state index in [1.807, 2.05) is 0 Å². The third-order valence-electron chi connectivity index (χ3n) is 2.33. The molecular weight excluding hydrogens is 154 g/mol. The Bertz CT molecular complexity index is 194. The van der Waals surface area contributed by atoms with Gasteiger partial charge in [-0.3, -0.25) is 0 Å². The largest absolute Gasteiger partial charge is 0.475 e. The molecule has 4 nitrogen and oxygen atoms in total. The number of hydrogen-bond donors (Lipinski definition) is 1. The molecule has 0 aromatic rings. The van der Waals surface area contributed by atoms with Crippen LogP contribution in [-0.4, -0.2) is 50.1 Å². The van der Waals surface area contributed by atoms with E-state index in [2.05, 4.69) is 29.2 Å². The minimum Gasteiger partial charge on any atom is -0.475 e. The summed E-state index contributed by atoms with van der Waals surface area (Å²) in [6.07, 6.45) is 0. The summed E-state index contributed by atoms with van der Waals surface area (Å²) >= 11 is 0. The Balaban J connectivity index is 2.27. The predicted octanol–water partition coefficient (Wildman–Crippen LogP) is -0.390. The quantitative estimate of drug-likeness (QED) is 0.534. The SMILES string of the molecule is CN1CCNC2=C1N(C)CCO2. The Labute approximate surface area is 72.8 Å². The van der Waals surface area contributed by atoms with Crippen molar-refractivity contribution in [3.63, 3.8) is 0 Å². The molecule has 2 heterocycles. The minimum atomic E-state index is 0.788. The summed E-state index contributed by atoms with van der Waals surface area (Å²) in [6.45, 7) is 3.79. The van der Waals surface area contributed by atoms with Crippen LogP contribution in [0.15, 0.2) is 11.7 Å². The molecule has 0 bridgehead atoms. The molecule has 12 heavy (non-hydrogen) atoms. The van der Waals surface area contributed by atoms with E-state index in [4.69, 9.17) is 4.74 Å². The van der Waals surface area contributed by atoms with Crippen LogP contribution in [0.25, 0.3) is 0 Å². The third-order valence-corrected chi connectivity index (χ3v) is 2.33. The Morgan fingerprint density at radius 3 is 2.75 bits per heavy atom. The lowest BCUT2D eigenvalue weighted by atomic mass is 10.3. The number of likely N-dealkylation sites (N-methyl/N-ethyl adjacent to an activating group) is 2. The van der Waals surface area contributed by atoms with Gasteiger partial charge in [-0.15, -0.1) is 0 Å². The lowest BCUT2D eigenvalue weighted by Crippen LogP contribution is -2.47. The minimum absolute atomic E-state index is 0.788. The van der Waals surface area contributed by atoms with Crippen molar-refractivity contribution in [2.75, 3.05) is 40.3 Å². The van der Waals surface area contributed by atoms with Crippen LogP contribution >= 0.6 is 0 Å². The summed E-state index contributed by atoms with van der Waals surface area (Å²) in [7, 11) is 4.20. The van der Waals surface area contributed by atoms with Gasteiger partial charge in [0.2, 0.25) is 5.88 Å². The lowest BCUT2D eigenvalue weighted by Gasteiger charge is -2.39. The maximum atomic E-state index is 5.51. The number of hydrogen-bond acceptors (Lipinski definition) is 4. The fourth-order valence-corrected chi connectivity index (χ4v) is 1.67. The van der Waals surface area contributed by atoms with Crippen LogP contribution in [0.2, 0.25) is 0 Å². The molecule has 0 unspecified atom stereocenters. The molecule has 0 fully saturated rings. The fourth-order valence-electron chi connectivity index (χ4n) is 1.67. The molecule has 68 valence electrons. The van der Waals surface area contributed by atoms with Crippen molar-refractivity contribution in [1.82, 2.24) is 15.1 Å². The summed E-state index contributed by atoms with van der Waals surface area (Å²) < 4.78 is 5.51. The average Bonchev–Trinajstić information content (AvgIpc) is 2.04. The number of ether oxygens (including phenoxy) is 1. The molecule has 4 heteroatoms. The van der Waals surface area contributed by atoms with E-state index in [1.165, 1.54) is 5.82 Å². The summed E-state index contributed by atoms with van der Waals surface area (Å²) in [5.41, 5.74) is 0. The molecule has 0 spiro atoms. The topological polar surface area (TPSA) is 27.7 Å². The molecule has 0 radical (unpaired) electrons. The Morgan fingerprint density at radius 1 is 1.25 bits per heavy atom. The Morgan fingerprint density at radius 2 is 2.00 bits per heavy atom. The number of rotatable bonds is 0. The molecule has 1 N–H and O–H groups in total. The zero-order valence-electron chi connectivity index (χ0n) is 7.63. The van der Waals surface area contributed by atoms with Crippen LogP contribution in [0.4, 0.5) is 0 Å². The molecule has 2 aliphatic heterocycles. The van der Waals surface area contributed by atoms with Gasteiger partial charge in [0.25, 0.3) is 0 Å². The van der Waals surface area contributed by atoms with Gasteiger partial charge >= 0.3 is 0 Å². The zero-order valence-corrected chi connectivity index (χ0v) is 7.63. The molecule has 0 aliphatic carbocycles. The van der Waals surface area contributed by atoms with Gasteiger partial charge in [-0.1, -0.05) is 0 Å². The van der Waals surface area contributed by atoms with E-state index in [-0.39, 0.29) is 0 Å². The molecule has 0 amide bonds. The first-order chi connectivity index (χ1) is 5.79. The highest BCUT2D eigenvalue weighted by molar-refractivity contribution is 5.09. The highest BCUT2D eigenvalue weighted by Crippen LogP contribution is 2.18. The van der Waals surface area contributed by atoms with Gasteiger partial charge < -0.3 is 19.9 Å². The van der Waals surface area contributed by atoms with Gasteiger partial charge in [-0.2, -0.15) is 0 Å². The maximum absolute atomic E-state index is 5.51. The van der Waals surface area contributed by atoms with Crippen LogP contribution < -0.4 is 5.32 Å². The van der Waals surface area contributed by atoms with Gasteiger partial charge in [-0.05, 0) is 0 Å². The van der Waals surface area contributed by atoms with Gasteiger partial charge in [0, 0.05) is 27.2 Å². The Hall–Kier alpha value is -1.06. The van der Waals surface area contributed by atoms with Gasteiger partial charge in [0.15, 0.2) is 5.82 Å². The summed E-state index contributed by atoms with van der Waals surface area (Å²) in [6, 6.07) is 0. The first-order valence-corrected chi connectivity index (χ1v) is 4.32. The van der Waals surface area contributed by atoms with Crippen LogP contribution in [0.5, 0.6) is 0 Å². The Kier molecular flexibility index (Phi) is 1.75. The highest BCUT2D eigenvalue weighted by atomic mass is 16.5. The van der Waals surface area contributed by atoms with Crippen molar-refractivity contribution >= 4 is 0 Å². The highest BCUT2D eigenvalue weighted by Gasteiger charge is 2.24. The van der Waals surface area contributed by atoms with Gasteiger partial charge in [-0.25, -0.2) is 0 Å². The molecule has 2 rings (SSSR count). The van der Waals surface area contributed by atoms with Gasteiger partial charge in [0.1, 0.15) is 6.61 Å². The molecule has 0 saturated heterocycles. The normalized spacial score (nSPS) is 23.2. The molecule has 0 saturated carbocycles. The number of nitrogens with zero attached hydrogens (tertiary/aromatic N) is 2. The van der Waals surface area contributed by atoms with Gasteiger partial charge in [0.05, 0.1) is 6.54 Å². The molecule has 0 aromatic heterocycles. The van der Waals surface area contributed by atoms with E-state index in [0.29, 0.717) is 0 Å². The van der Waals surface area contributed by atoms with E-state index in [1.54, 1.807) is 0 Å². The van der Waals surface area contributed by atoms with Crippen molar-refractivity contribution < 1.29 is 4.74 Å². The smallest absolute Gasteiger partial charge is 0.228 e. The number of nitrogens with one attached hydrogen (secondary N) is 1. The third kappa shape index (κ3) is 1.07. The van der Waals surface area contributed by atoms with Crippen molar-refractivity contribution in [3.05, 3.63) is 11.7 Å². The monoisotopic (exact) mass is 169 g/mol. The first kappa shape index (κ1) is 7.58. The molecule has 2 aliphatic rings. The zero-order chi connectivity index (χ0) is 8.55. The van der Waals surface area contributed by atoms with Crippen LogP contribution in [0, 0.1) is 0 Å². The standard InChI is InChI=1S/C8H15N3O/c1-10-4-3-9-7-8(10)11(2)5-6-12-7/h9H,3-6H2,1-2H3. The van der Waals surface area contributed by atoms with Crippen molar-refractivity contribution in [2.45, 2.75) is 0 Å². The average molecular weight is 169 g/mol. The lowest BCUT2D eigenvalue weighted by molar-refractivity contribution is 0.0780. The second-order valence-electron chi connectivity index (χ2n) is 3.27. The van der Waals surface area contributed by atoms with E-state index < -0.39 is 0 Å². The van der Waals surface area contributed by atoms with Crippen molar-refractivity contribution in [3.8, 4) is 0 Å².